The number of hydrogen-bond acceptors (Lipinski definition) is 22. The van der Waals surface area contributed by atoms with E-state index in [9.17, 15) is 57.9 Å². The molecule has 6 N–H and O–H groups in total. The zero-order chi connectivity index (χ0) is 44.3. The number of carbonyl (C=O) groups excluding carboxylic acids is 3. The molecular weight excluding hydrogens is 867 g/mol. The molecule has 2 aromatic rings. The van der Waals surface area contributed by atoms with Crippen molar-refractivity contribution in [1.29, 1.82) is 0 Å². The van der Waals surface area contributed by atoms with Gasteiger partial charge >= 0.3 is 0 Å². The summed E-state index contributed by atoms with van der Waals surface area (Å²) < 4.78 is 60.6. The molecule has 0 spiro atoms. The largest absolute Gasteiger partial charge is 0.790 e. The standard InChI is InChI=1S/C31H52N7O17P3S/c1-18(2)7-6-8-19(3)13-22(40)59-12-11-33-21(39)9-10-34-29(43)26(42)31(4,5)15-52-58(49,50)55-57(47,48)51-14-20-25(54-56(44,45)46)24(41)30(53-20)38-17-37-23-27(32)35-16-36-28(23)38/h7,16-17,19-20,24-26,30,41-42H,6,8-15H2,1-5H3,(H,33,39)(H,34,43)(H,47,48)(H,49,50)(H2,32,35,36)(H2,44,45,46)/p-4/t19?,20-,24-,25-,26+,30-/m1/s1. The fourth-order valence-electron chi connectivity index (χ4n) is 5.37. The van der Waals surface area contributed by atoms with E-state index in [4.69, 9.17) is 10.5 Å². The highest BCUT2D eigenvalue weighted by molar-refractivity contribution is 8.13. The molecule has 1 fully saturated rings. The quantitative estimate of drug-likeness (QED) is 0.0474. The SMILES string of the molecule is CC(C)=CCCC(C)CC(=O)SCCNC(=O)CCNC(=O)[C@H](O)C(C)(C)COP(=O)([O-])OP(=O)([O-])OC[C@H]1O[C@@H](n2cnc3c(N)ncnc32)[C@H](O)[C@@H]1OP(=O)([O-])[O-]. The second-order valence-electron chi connectivity index (χ2n) is 14.4. The highest BCUT2D eigenvalue weighted by Gasteiger charge is 2.47. The van der Waals surface area contributed by atoms with Crippen LogP contribution in [-0.2, 0) is 50.7 Å². The predicted octanol–water partition coefficient (Wildman–Crippen LogP) is -1.09. The summed E-state index contributed by atoms with van der Waals surface area (Å²) in [4.78, 5) is 96.5. The summed E-state index contributed by atoms with van der Waals surface area (Å²) in [7, 11) is -17.6. The predicted molar refractivity (Wildman–Crippen MR) is 201 cm³/mol. The number of nitrogens with one attached hydrogen (secondary N) is 2. The molecule has 59 heavy (non-hydrogen) atoms. The molecule has 0 aliphatic carbocycles. The number of rotatable bonds is 24. The van der Waals surface area contributed by atoms with Crippen molar-refractivity contribution in [1.82, 2.24) is 30.2 Å². The Hall–Kier alpha value is -2.70. The molecule has 0 saturated carbocycles. The number of nitrogens with two attached hydrogens (primary N) is 1. The highest BCUT2D eigenvalue weighted by Crippen LogP contribution is 2.56. The summed E-state index contributed by atoms with van der Waals surface area (Å²) in [6.45, 7) is 6.16. The molecule has 1 saturated heterocycles. The molecular formula is C31H48N7O17P3S-4. The number of aliphatic hydroxyl groups excluding tert-OH is 2. The van der Waals surface area contributed by atoms with Gasteiger partial charge in [-0.25, -0.2) is 19.3 Å². The van der Waals surface area contributed by atoms with Crippen LogP contribution in [0.3, 0.4) is 0 Å². The number of thioether (sulfide) groups is 1. The van der Waals surface area contributed by atoms with Crippen LogP contribution in [0.1, 0.15) is 66.5 Å². The Morgan fingerprint density at radius 2 is 1.76 bits per heavy atom. The average Bonchev–Trinajstić information content (AvgIpc) is 3.67. The van der Waals surface area contributed by atoms with E-state index in [2.05, 4.69) is 49.5 Å². The van der Waals surface area contributed by atoms with Crippen LogP contribution in [0.2, 0.25) is 0 Å². The van der Waals surface area contributed by atoms with E-state index < -0.39 is 84.6 Å². The van der Waals surface area contributed by atoms with E-state index in [-0.39, 0.29) is 47.5 Å². The normalized spacial score (nSPS) is 21.6. The molecule has 2 aromatic heterocycles. The van der Waals surface area contributed by atoms with Crippen molar-refractivity contribution in [3.8, 4) is 0 Å². The highest BCUT2D eigenvalue weighted by atomic mass is 32.2. The third-order valence-electron chi connectivity index (χ3n) is 8.47. The van der Waals surface area contributed by atoms with Gasteiger partial charge in [0.1, 0.15) is 36.3 Å². The fourth-order valence-corrected chi connectivity index (χ4v) is 8.94. The van der Waals surface area contributed by atoms with E-state index in [1.807, 2.05) is 20.8 Å². The molecule has 1 aliphatic heterocycles. The number of phosphoric acid groups is 3. The number of nitrogen functional groups attached to an aromatic ring is 1. The monoisotopic (exact) mass is 915 g/mol. The van der Waals surface area contributed by atoms with Crippen LogP contribution in [0.4, 0.5) is 5.82 Å². The van der Waals surface area contributed by atoms with Gasteiger partial charge in [-0.15, -0.1) is 0 Å². The lowest BCUT2D eigenvalue weighted by Gasteiger charge is -2.36. The van der Waals surface area contributed by atoms with Gasteiger partial charge in [0.15, 0.2) is 22.8 Å². The van der Waals surface area contributed by atoms with Gasteiger partial charge in [0.05, 0.1) is 27.4 Å². The molecule has 0 radical (unpaired) electrons. The number of amides is 2. The maximum atomic E-state index is 12.6. The van der Waals surface area contributed by atoms with Crippen LogP contribution in [0, 0.1) is 11.3 Å². The summed E-state index contributed by atoms with van der Waals surface area (Å²) in [5.41, 5.74) is 5.30. The first-order valence-electron chi connectivity index (χ1n) is 17.9. The second kappa shape index (κ2) is 21.9. The van der Waals surface area contributed by atoms with Crippen LogP contribution < -0.4 is 35.9 Å². The Kier molecular flexibility index (Phi) is 18.8. The van der Waals surface area contributed by atoms with Crippen LogP contribution >= 0.6 is 35.2 Å². The zero-order valence-electron chi connectivity index (χ0n) is 32.7. The molecule has 0 bridgehead atoms. The summed E-state index contributed by atoms with van der Waals surface area (Å²) in [6, 6.07) is 0. The number of imidazole rings is 1. The van der Waals surface area contributed by atoms with Crippen molar-refractivity contribution in [3.63, 3.8) is 0 Å². The Labute approximate surface area is 343 Å². The van der Waals surface area contributed by atoms with E-state index in [0.29, 0.717) is 12.2 Å². The van der Waals surface area contributed by atoms with Crippen LogP contribution in [0.5, 0.6) is 0 Å². The van der Waals surface area contributed by atoms with Crippen molar-refractivity contribution in [2.24, 2.45) is 11.3 Å². The molecule has 3 heterocycles. The summed E-state index contributed by atoms with van der Waals surface area (Å²) >= 11 is 1.11. The van der Waals surface area contributed by atoms with Gasteiger partial charge in [0.25, 0.3) is 15.6 Å². The van der Waals surface area contributed by atoms with E-state index >= 15 is 0 Å². The van der Waals surface area contributed by atoms with Crippen molar-refractivity contribution in [2.45, 2.75) is 90.9 Å². The summed E-state index contributed by atoms with van der Waals surface area (Å²) in [6.07, 6.45) is -3.25. The molecule has 1 aliphatic rings. The van der Waals surface area contributed by atoms with Gasteiger partial charge in [-0.1, -0.05) is 44.2 Å². The number of nitrogens with zero attached hydrogens (tertiary/aromatic N) is 4. The van der Waals surface area contributed by atoms with Crippen molar-refractivity contribution >= 4 is 69.1 Å². The number of carbonyl (C=O) groups is 3. The number of hydrogen-bond donors (Lipinski definition) is 5. The minimum absolute atomic E-state index is 0.0181. The molecule has 3 rings (SSSR count). The Morgan fingerprint density at radius 3 is 2.42 bits per heavy atom. The minimum atomic E-state index is -5.92. The van der Waals surface area contributed by atoms with Gasteiger partial charge in [-0.2, -0.15) is 0 Å². The summed E-state index contributed by atoms with van der Waals surface area (Å²) in [5, 5.41) is 26.3. The number of fused-ring (bicyclic) bond motifs is 1. The lowest BCUT2D eigenvalue weighted by molar-refractivity contribution is -0.347. The van der Waals surface area contributed by atoms with Gasteiger partial charge in [-0.05, 0) is 32.6 Å². The van der Waals surface area contributed by atoms with Crippen molar-refractivity contribution in [2.75, 3.05) is 37.8 Å². The van der Waals surface area contributed by atoms with E-state index in [0.717, 1.165) is 41.8 Å². The molecule has 334 valence electrons. The number of aromatic nitrogens is 4. The third-order valence-corrected chi connectivity index (χ3v) is 12.4. The maximum absolute atomic E-state index is 12.6. The first-order chi connectivity index (χ1) is 27.3. The minimum Gasteiger partial charge on any atom is -0.790 e. The van der Waals surface area contributed by atoms with Gasteiger partial charge in [0, 0.05) is 37.1 Å². The van der Waals surface area contributed by atoms with Gasteiger partial charge in [-0.3, -0.25) is 28.1 Å². The summed E-state index contributed by atoms with van der Waals surface area (Å²) in [5.74, 6) is -0.952. The molecule has 8 atom stereocenters. The van der Waals surface area contributed by atoms with Crippen molar-refractivity contribution < 1.29 is 80.5 Å². The molecule has 28 heteroatoms. The molecule has 24 nitrogen and oxygen atoms in total. The van der Waals surface area contributed by atoms with Gasteiger partial charge in [0.2, 0.25) is 11.8 Å². The zero-order valence-corrected chi connectivity index (χ0v) is 36.2. The smallest absolute Gasteiger partial charge is 0.274 e. The fraction of sp³-hybridized carbons (Fsp3) is 0.677. The lowest BCUT2D eigenvalue weighted by Crippen LogP contribution is -2.46. The molecule has 3 unspecified atom stereocenters. The third kappa shape index (κ3) is 16.6. The number of aliphatic hydroxyl groups is 2. The topological polar surface area (TPSA) is 375 Å². The van der Waals surface area contributed by atoms with Crippen molar-refractivity contribution in [3.05, 3.63) is 24.3 Å². The number of allylic oxidation sites excluding steroid dienone is 2. The number of anilines is 1. The Morgan fingerprint density at radius 1 is 1.08 bits per heavy atom. The van der Waals surface area contributed by atoms with Gasteiger partial charge < -0.3 is 69.0 Å². The Balaban J connectivity index is 1.44. The first-order valence-corrected chi connectivity index (χ1v) is 23.3. The van der Waals surface area contributed by atoms with E-state index in [1.54, 1.807) is 0 Å². The molecule has 0 aromatic carbocycles. The van der Waals surface area contributed by atoms with Crippen LogP contribution in [0.15, 0.2) is 24.3 Å². The van der Waals surface area contributed by atoms with E-state index in [1.165, 1.54) is 19.4 Å². The Bertz CT molecular complexity index is 1940. The number of ether oxygens (including phenoxy) is 1. The lowest BCUT2D eigenvalue weighted by atomic mass is 9.87. The first kappa shape index (κ1) is 50.7. The molecule has 2 amide bonds. The maximum Gasteiger partial charge on any atom is 0.274 e. The average molecular weight is 916 g/mol. The van der Waals surface area contributed by atoms with Crippen LogP contribution in [-0.4, -0.2) is 103 Å². The van der Waals surface area contributed by atoms with Crippen LogP contribution in [0.25, 0.3) is 11.2 Å². The number of phosphoric ester groups is 3. The second-order valence-corrected chi connectivity index (χ2v) is 19.6.